The lowest BCUT2D eigenvalue weighted by atomic mass is 10.3. The number of nitrogens with zero attached hydrogens (tertiary/aromatic N) is 3. The van der Waals surface area contributed by atoms with Crippen LogP contribution in [0.25, 0.3) is 11.5 Å². The first-order valence-electron chi connectivity index (χ1n) is 6.62. The Morgan fingerprint density at radius 2 is 1.86 bits per heavy atom. The highest BCUT2D eigenvalue weighted by atomic mass is 35.5. The van der Waals surface area contributed by atoms with Gasteiger partial charge in [0.2, 0.25) is 0 Å². The molecule has 0 atom stereocenters. The number of aromatic nitrogens is 3. The molecule has 0 aliphatic rings. The Labute approximate surface area is 138 Å². The topological polar surface area (TPSA) is 50.7 Å². The van der Waals surface area contributed by atoms with Crippen molar-refractivity contribution in [3.63, 3.8) is 0 Å². The van der Waals surface area contributed by atoms with Crippen molar-refractivity contribution in [3.8, 4) is 11.5 Å². The highest BCUT2D eigenvalue weighted by Gasteiger charge is 2.08. The van der Waals surface area contributed by atoms with Crippen molar-refractivity contribution in [1.82, 2.24) is 15.0 Å². The van der Waals surface area contributed by atoms with Gasteiger partial charge in [-0.15, -0.1) is 11.8 Å². The van der Waals surface area contributed by atoms with Crippen LogP contribution in [0, 0.1) is 0 Å². The second-order valence-corrected chi connectivity index (χ2v) is 5.68. The van der Waals surface area contributed by atoms with E-state index in [1.165, 1.54) is 0 Å². The fraction of sp³-hybridized carbons (Fsp3) is 0.0625. The van der Waals surface area contributed by atoms with Crippen LogP contribution in [0.3, 0.4) is 0 Å². The van der Waals surface area contributed by atoms with E-state index in [0.717, 1.165) is 10.6 Å². The van der Waals surface area contributed by atoms with Gasteiger partial charge in [-0.1, -0.05) is 29.8 Å². The third-order valence-electron chi connectivity index (χ3n) is 2.96. The summed E-state index contributed by atoms with van der Waals surface area (Å²) in [6, 6.07) is 15.3. The molecule has 110 valence electrons. The second kappa shape index (κ2) is 6.77. The zero-order chi connectivity index (χ0) is 15.4. The molecule has 0 saturated carbocycles. The number of halogens is 1. The van der Waals surface area contributed by atoms with Gasteiger partial charge in [0.05, 0.1) is 5.69 Å². The van der Waals surface area contributed by atoms with E-state index in [-0.39, 0.29) is 0 Å². The average molecular weight is 329 g/mol. The third kappa shape index (κ3) is 3.37. The zero-order valence-electron chi connectivity index (χ0n) is 11.8. The van der Waals surface area contributed by atoms with Crippen molar-refractivity contribution in [2.24, 2.45) is 0 Å². The lowest BCUT2D eigenvalue weighted by molar-refractivity contribution is 1.14. The zero-order valence-corrected chi connectivity index (χ0v) is 13.4. The van der Waals surface area contributed by atoms with Crippen molar-refractivity contribution in [3.05, 3.63) is 59.9 Å². The van der Waals surface area contributed by atoms with Crippen LogP contribution in [0.15, 0.2) is 59.6 Å². The molecule has 0 spiro atoms. The van der Waals surface area contributed by atoms with Gasteiger partial charge >= 0.3 is 0 Å². The lowest BCUT2D eigenvalue weighted by Crippen LogP contribution is -1.99. The minimum Gasteiger partial charge on any atom is -0.339 e. The van der Waals surface area contributed by atoms with Crippen molar-refractivity contribution in [1.29, 1.82) is 0 Å². The molecule has 0 saturated heterocycles. The first kappa shape index (κ1) is 14.8. The quantitative estimate of drug-likeness (QED) is 0.557. The Morgan fingerprint density at radius 3 is 2.64 bits per heavy atom. The summed E-state index contributed by atoms with van der Waals surface area (Å²) in [4.78, 5) is 14.1. The summed E-state index contributed by atoms with van der Waals surface area (Å²) in [6.45, 7) is 0. The highest BCUT2D eigenvalue weighted by Crippen LogP contribution is 2.28. The standard InChI is InChI=1S/C16H13ClN4S/c1-22-13-8-3-2-6-11(13)19-15-10-14(17)20-16(21-15)12-7-4-5-9-18-12/h2-10H,1H3,(H,19,20,21). The first-order valence-corrected chi connectivity index (χ1v) is 8.22. The van der Waals surface area contributed by atoms with E-state index in [9.17, 15) is 0 Å². The van der Waals surface area contributed by atoms with E-state index < -0.39 is 0 Å². The van der Waals surface area contributed by atoms with Crippen LogP contribution in [-0.2, 0) is 0 Å². The number of rotatable bonds is 4. The summed E-state index contributed by atoms with van der Waals surface area (Å²) in [6.07, 6.45) is 3.74. The van der Waals surface area contributed by atoms with Gasteiger partial charge in [0.1, 0.15) is 16.7 Å². The van der Waals surface area contributed by atoms with Gasteiger partial charge in [0, 0.05) is 17.2 Å². The average Bonchev–Trinajstić information content (AvgIpc) is 2.56. The normalized spacial score (nSPS) is 10.5. The van der Waals surface area contributed by atoms with Crippen LogP contribution in [0.5, 0.6) is 0 Å². The molecule has 3 rings (SSSR count). The Hall–Kier alpha value is -2.11. The molecule has 0 unspecified atom stereocenters. The number of thioether (sulfide) groups is 1. The van der Waals surface area contributed by atoms with Crippen LogP contribution in [0.1, 0.15) is 0 Å². The minimum absolute atomic E-state index is 0.375. The Balaban J connectivity index is 1.96. The van der Waals surface area contributed by atoms with Crippen LogP contribution < -0.4 is 5.32 Å². The number of benzene rings is 1. The summed E-state index contributed by atoms with van der Waals surface area (Å²) in [5.41, 5.74) is 1.67. The van der Waals surface area contributed by atoms with Gasteiger partial charge in [-0.25, -0.2) is 9.97 Å². The molecule has 0 aliphatic heterocycles. The van der Waals surface area contributed by atoms with Gasteiger partial charge in [-0.3, -0.25) is 4.98 Å². The molecular weight excluding hydrogens is 316 g/mol. The molecule has 0 radical (unpaired) electrons. The lowest BCUT2D eigenvalue weighted by Gasteiger charge is -2.10. The second-order valence-electron chi connectivity index (χ2n) is 4.44. The van der Waals surface area contributed by atoms with Crippen molar-refractivity contribution >= 4 is 34.9 Å². The maximum absolute atomic E-state index is 6.12. The number of pyridine rings is 1. The third-order valence-corrected chi connectivity index (χ3v) is 3.95. The molecule has 0 amide bonds. The summed E-state index contributed by atoms with van der Waals surface area (Å²) in [5, 5.41) is 3.67. The SMILES string of the molecule is CSc1ccccc1Nc1cc(Cl)nc(-c2ccccn2)n1. The largest absolute Gasteiger partial charge is 0.339 e. The number of anilines is 2. The van der Waals surface area contributed by atoms with Crippen molar-refractivity contribution < 1.29 is 0 Å². The van der Waals surface area contributed by atoms with Crippen LogP contribution in [0.2, 0.25) is 5.15 Å². The molecule has 4 nitrogen and oxygen atoms in total. The van der Waals surface area contributed by atoms with Crippen LogP contribution in [-0.4, -0.2) is 21.2 Å². The first-order chi connectivity index (χ1) is 10.8. The molecule has 2 aromatic heterocycles. The maximum atomic E-state index is 6.12. The molecule has 0 fully saturated rings. The summed E-state index contributed by atoms with van der Waals surface area (Å²) >= 11 is 7.78. The number of nitrogens with one attached hydrogen (secondary N) is 1. The van der Waals surface area contributed by atoms with Gasteiger partial charge < -0.3 is 5.32 Å². The van der Waals surface area contributed by atoms with E-state index in [2.05, 4.69) is 26.3 Å². The molecule has 3 aromatic rings. The number of hydrogen-bond donors (Lipinski definition) is 1. The summed E-state index contributed by atoms with van der Waals surface area (Å²) in [7, 11) is 0. The predicted molar refractivity (Wildman–Crippen MR) is 91.8 cm³/mol. The van der Waals surface area contributed by atoms with E-state index in [4.69, 9.17) is 11.6 Å². The molecule has 0 bridgehead atoms. The predicted octanol–water partition coefficient (Wildman–Crippen LogP) is 4.66. The highest BCUT2D eigenvalue weighted by molar-refractivity contribution is 7.98. The van der Waals surface area contributed by atoms with Crippen molar-refractivity contribution in [2.75, 3.05) is 11.6 Å². The molecule has 0 aliphatic carbocycles. The Morgan fingerprint density at radius 1 is 1.05 bits per heavy atom. The summed E-state index contributed by atoms with van der Waals surface area (Å²) < 4.78 is 0. The molecule has 22 heavy (non-hydrogen) atoms. The van der Waals surface area contributed by atoms with Crippen LogP contribution >= 0.6 is 23.4 Å². The smallest absolute Gasteiger partial charge is 0.181 e. The molecular formula is C16H13ClN4S. The Bertz CT molecular complexity index is 780. The van der Waals surface area contributed by atoms with E-state index in [0.29, 0.717) is 22.5 Å². The molecule has 6 heteroatoms. The van der Waals surface area contributed by atoms with Gasteiger partial charge in [0.15, 0.2) is 5.82 Å². The number of para-hydroxylation sites is 1. The monoisotopic (exact) mass is 328 g/mol. The number of hydrogen-bond acceptors (Lipinski definition) is 5. The van der Waals surface area contributed by atoms with E-state index >= 15 is 0 Å². The van der Waals surface area contributed by atoms with Crippen molar-refractivity contribution in [2.45, 2.75) is 4.90 Å². The molecule has 1 N–H and O–H groups in total. The van der Waals surface area contributed by atoms with Gasteiger partial charge in [-0.05, 0) is 30.5 Å². The maximum Gasteiger partial charge on any atom is 0.181 e. The fourth-order valence-electron chi connectivity index (χ4n) is 1.98. The van der Waals surface area contributed by atoms with E-state index in [1.54, 1.807) is 24.0 Å². The Kier molecular flexibility index (Phi) is 4.56. The summed E-state index contributed by atoms with van der Waals surface area (Å²) in [5.74, 6) is 1.14. The van der Waals surface area contributed by atoms with Gasteiger partial charge in [0.25, 0.3) is 0 Å². The van der Waals surface area contributed by atoms with Gasteiger partial charge in [-0.2, -0.15) is 0 Å². The molecule has 1 aromatic carbocycles. The fourth-order valence-corrected chi connectivity index (χ4v) is 2.71. The minimum atomic E-state index is 0.375. The van der Waals surface area contributed by atoms with Crippen LogP contribution in [0.4, 0.5) is 11.5 Å². The molecule has 2 heterocycles. The van der Waals surface area contributed by atoms with E-state index in [1.807, 2.05) is 42.7 Å².